The number of epoxide rings is 2. The maximum Gasteiger partial charge on any atom is 0.127 e. The van der Waals surface area contributed by atoms with Gasteiger partial charge in [0.25, 0.3) is 0 Å². The van der Waals surface area contributed by atoms with E-state index in [1.54, 1.807) is 0 Å². The van der Waals surface area contributed by atoms with Crippen LogP contribution in [-0.2, 0) is 14.9 Å². The molecule has 4 bridgehead atoms. The van der Waals surface area contributed by atoms with Gasteiger partial charge in [-0.25, -0.2) is 0 Å². The quantitative estimate of drug-likeness (QED) is 0.176. The second-order valence-electron chi connectivity index (χ2n) is 13.9. The average molecular weight is 585 g/mol. The lowest BCUT2D eigenvalue weighted by Gasteiger charge is -2.62. The van der Waals surface area contributed by atoms with Crippen LogP contribution in [0, 0.1) is 23.7 Å². The van der Waals surface area contributed by atoms with E-state index in [0.29, 0.717) is 25.0 Å². The molecule has 2 saturated heterocycles. The van der Waals surface area contributed by atoms with E-state index in [9.17, 15) is 0 Å². The van der Waals surface area contributed by atoms with Crippen LogP contribution in [0.4, 0.5) is 0 Å². The Morgan fingerprint density at radius 1 is 0.545 bits per heavy atom. The molecule has 224 valence electrons. The molecule has 6 fully saturated rings. The average Bonchev–Trinajstić information content (AvgIpc) is 4.00. The summed E-state index contributed by atoms with van der Waals surface area (Å²) in [5.74, 6) is 4.90. The molecule has 0 aromatic heterocycles. The molecule has 4 heteroatoms. The lowest BCUT2D eigenvalue weighted by molar-refractivity contribution is -0.0418. The molecule has 2 atom stereocenters. The zero-order valence-electron chi connectivity index (χ0n) is 25.2. The van der Waals surface area contributed by atoms with E-state index in [1.165, 1.54) is 65.5 Å². The number of ether oxygens (including phenoxy) is 4. The minimum atomic E-state index is -0.0449. The van der Waals surface area contributed by atoms with E-state index in [4.69, 9.17) is 18.9 Å². The summed E-state index contributed by atoms with van der Waals surface area (Å²) in [6.07, 6.45) is 7.16. The number of hydrogen-bond donors (Lipinski definition) is 0. The Morgan fingerprint density at radius 2 is 0.977 bits per heavy atom. The first kappa shape index (κ1) is 26.8. The number of benzene rings is 4. The fourth-order valence-electron chi connectivity index (χ4n) is 9.24. The molecular formula is C40H40O4. The third-order valence-corrected chi connectivity index (χ3v) is 11.2. The van der Waals surface area contributed by atoms with Gasteiger partial charge in [0.05, 0.1) is 13.2 Å². The monoisotopic (exact) mass is 584 g/mol. The predicted octanol–water partition coefficient (Wildman–Crippen LogP) is 8.32. The van der Waals surface area contributed by atoms with Crippen molar-refractivity contribution in [2.45, 2.75) is 49.7 Å². The molecule has 4 nitrogen and oxygen atoms in total. The first-order valence-electron chi connectivity index (χ1n) is 16.6. The first-order chi connectivity index (χ1) is 21.7. The Morgan fingerprint density at radius 3 is 1.39 bits per heavy atom. The zero-order chi connectivity index (χ0) is 29.1. The molecule has 44 heavy (non-hydrogen) atoms. The van der Waals surface area contributed by atoms with Gasteiger partial charge < -0.3 is 18.9 Å². The van der Waals surface area contributed by atoms with Gasteiger partial charge >= 0.3 is 0 Å². The van der Waals surface area contributed by atoms with Crippen molar-refractivity contribution in [2.75, 3.05) is 26.4 Å². The van der Waals surface area contributed by atoms with Gasteiger partial charge in [0.2, 0.25) is 0 Å². The van der Waals surface area contributed by atoms with E-state index in [-0.39, 0.29) is 17.6 Å². The predicted molar refractivity (Wildman–Crippen MR) is 172 cm³/mol. The molecular weight excluding hydrogens is 544 g/mol. The minimum Gasteiger partial charge on any atom is -0.490 e. The van der Waals surface area contributed by atoms with Crippen LogP contribution in [0.1, 0.15) is 43.2 Å². The maximum absolute atomic E-state index is 6.41. The van der Waals surface area contributed by atoms with Crippen LogP contribution in [0.3, 0.4) is 0 Å². The molecule has 2 unspecified atom stereocenters. The summed E-state index contributed by atoms with van der Waals surface area (Å²) in [6, 6.07) is 35.8. The van der Waals surface area contributed by atoms with Gasteiger partial charge in [-0.1, -0.05) is 72.8 Å². The Bertz CT molecular complexity index is 1510. The van der Waals surface area contributed by atoms with Crippen molar-refractivity contribution in [2.24, 2.45) is 23.7 Å². The van der Waals surface area contributed by atoms with Gasteiger partial charge in [-0.05, 0) is 102 Å². The van der Waals surface area contributed by atoms with Crippen molar-refractivity contribution in [3.63, 3.8) is 0 Å². The van der Waals surface area contributed by atoms with Crippen LogP contribution in [0.25, 0.3) is 22.3 Å². The molecule has 0 spiro atoms. The Labute approximate surface area is 260 Å². The first-order valence-corrected chi connectivity index (χ1v) is 16.6. The molecule has 6 aliphatic rings. The van der Waals surface area contributed by atoms with Crippen LogP contribution >= 0.6 is 0 Å². The van der Waals surface area contributed by atoms with Crippen LogP contribution in [0.2, 0.25) is 0 Å². The highest BCUT2D eigenvalue weighted by Gasteiger charge is 2.58. The summed E-state index contributed by atoms with van der Waals surface area (Å²) in [7, 11) is 0. The lowest BCUT2D eigenvalue weighted by atomic mass is 9.42. The van der Waals surface area contributed by atoms with Crippen LogP contribution in [0.15, 0.2) is 97.1 Å². The number of hydrogen-bond acceptors (Lipinski definition) is 4. The van der Waals surface area contributed by atoms with Crippen molar-refractivity contribution in [1.82, 2.24) is 0 Å². The zero-order valence-corrected chi connectivity index (χ0v) is 25.2. The highest BCUT2D eigenvalue weighted by atomic mass is 16.6. The van der Waals surface area contributed by atoms with Gasteiger partial charge in [0.15, 0.2) is 0 Å². The van der Waals surface area contributed by atoms with Gasteiger partial charge in [-0.15, -0.1) is 0 Å². The van der Waals surface area contributed by atoms with Gasteiger partial charge in [0.1, 0.15) is 36.9 Å². The van der Waals surface area contributed by atoms with E-state index >= 15 is 0 Å². The Kier molecular flexibility index (Phi) is 6.56. The minimum absolute atomic E-state index is 0.0449. The molecule has 4 saturated carbocycles. The second kappa shape index (κ2) is 10.8. The maximum atomic E-state index is 6.41. The molecule has 2 heterocycles. The Hall–Kier alpha value is -3.60. The van der Waals surface area contributed by atoms with E-state index in [1.807, 2.05) is 0 Å². The van der Waals surface area contributed by atoms with Crippen LogP contribution in [-0.4, -0.2) is 38.6 Å². The smallest absolute Gasteiger partial charge is 0.127 e. The highest BCUT2D eigenvalue weighted by Crippen LogP contribution is 2.66. The SMILES string of the molecule is c1ccc(-c2cc(C3(c4ccc(OCC5CO5)c(-c5ccccc5)c4)C4CC5CC(C4)CC3C5)ccc2OCC2CO2)cc1. The summed E-state index contributed by atoms with van der Waals surface area (Å²) in [5, 5.41) is 0. The second-order valence-corrected chi connectivity index (χ2v) is 13.9. The Balaban J connectivity index is 1.21. The van der Waals surface area contributed by atoms with Crippen molar-refractivity contribution in [1.29, 1.82) is 0 Å². The van der Waals surface area contributed by atoms with Crippen LogP contribution in [0.5, 0.6) is 11.5 Å². The molecule has 2 aliphatic heterocycles. The summed E-state index contributed by atoms with van der Waals surface area (Å²) in [6.45, 7) is 2.80. The lowest BCUT2D eigenvalue weighted by Crippen LogP contribution is -2.56. The van der Waals surface area contributed by atoms with E-state index in [2.05, 4.69) is 97.1 Å². The van der Waals surface area contributed by atoms with E-state index in [0.717, 1.165) is 36.5 Å². The molecule has 4 aromatic carbocycles. The van der Waals surface area contributed by atoms with Gasteiger partial charge in [-0.2, -0.15) is 0 Å². The van der Waals surface area contributed by atoms with Crippen molar-refractivity contribution in [3.8, 4) is 33.8 Å². The molecule has 0 radical (unpaired) electrons. The molecule has 10 rings (SSSR count). The molecule has 4 aromatic rings. The van der Waals surface area contributed by atoms with Crippen molar-refractivity contribution < 1.29 is 18.9 Å². The molecule has 4 aliphatic carbocycles. The molecule has 0 amide bonds. The summed E-state index contributed by atoms with van der Waals surface area (Å²) in [4.78, 5) is 0. The largest absolute Gasteiger partial charge is 0.490 e. The van der Waals surface area contributed by atoms with Crippen molar-refractivity contribution >= 4 is 0 Å². The van der Waals surface area contributed by atoms with Crippen LogP contribution < -0.4 is 9.47 Å². The fourth-order valence-corrected chi connectivity index (χ4v) is 9.24. The third kappa shape index (κ3) is 4.74. The van der Waals surface area contributed by atoms with Crippen molar-refractivity contribution in [3.05, 3.63) is 108 Å². The number of rotatable bonds is 10. The summed E-state index contributed by atoms with van der Waals surface area (Å²) < 4.78 is 23.8. The highest BCUT2D eigenvalue weighted by molar-refractivity contribution is 5.74. The summed E-state index contributed by atoms with van der Waals surface area (Å²) >= 11 is 0. The fraction of sp³-hybridized carbons (Fsp3) is 0.400. The van der Waals surface area contributed by atoms with Gasteiger partial charge in [0, 0.05) is 16.5 Å². The topological polar surface area (TPSA) is 43.5 Å². The third-order valence-electron chi connectivity index (χ3n) is 11.2. The summed E-state index contributed by atoms with van der Waals surface area (Å²) in [5.41, 5.74) is 7.62. The van der Waals surface area contributed by atoms with E-state index < -0.39 is 0 Å². The normalized spacial score (nSPS) is 31.1. The standard InChI is InChI=1S/C40H40O4/c1-3-7-28(8-4-1)36-20-30(11-13-38(36)43-24-34-22-41-34)40(32-16-26-15-27(18-32)19-33(40)17-26)31-12-14-39(44-25-35-23-42-35)37(21-31)29-9-5-2-6-10-29/h1-14,20-21,26-27,32-35H,15-19,22-25H2. The van der Waals surface area contributed by atoms with Gasteiger partial charge in [-0.3, -0.25) is 0 Å². The molecule has 0 N–H and O–H groups in total.